The topological polar surface area (TPSA) is 59.3 Å². The fraction of sp³-hybridized carbons (Fsp3) is 0.200. The predicted octanol–water partition coefficient (Wildman–Crippen LogP) is 3.91. The second-order valence-corrected chi connectivity index (χ2v) is 6.06. The monoisotopic (exact) mass is 321 g/mol. The summed E-state index contributed by atoms with van der Waals surface area (Å²) >= 11 is 0. The van der Waals surface area contributed by atoms with E-state index in [0.29, 0.717) is 27.9 Å². The van der Waals surface area contributed by atoms with Crippen molar-refractivity contribution < 1.29 is 9.21 Å². The van der Waals surface area contributed by atoms with Crippen molar-refractivity contribution in [3.8, 4) is 11.3 Å². The second-order valence-electron chi connectivity index (χ2n) is 6.06. The molecule has 0 aliphatic heterocycles. The van der Waals surface area contributed by atoms with Crippen LogP contribution >= 0.6 is 0 Å². The van der Waals surface area contributed by atoms with Gasteiger partial charge in [-0.25, -0.2) is 0 Å². The molecule has 0 spiro atoms. The Morgan fingerprint density at radius 3 is 2.42 bits per heavy atom. The Hall–Kier alpha value is -2.88. The minimum atomic E-state index is -0.249. The van der Waals surface area contributed by atoms with E-state index in [2.05, 4.69) is 5.32 Å². The van der Waals surface area contributed by atoms with Crippen LogP contribution in [0.4, 0.5) is 0 Å². The Morgan fingerprint density at radius 1 is 1.04 bits per heavy atom. The van der Waals surface area contributed by atoms with E-state index in [4.69, 9.17) is 4.42 Å². The zero-order valence-corrected chi connectivity index (χ0v) is 13.9. The van der Waals surface area contributed by atoms with Crippen molar-refractivity contribution in [2.75, 3.05) is 0 Å². The summed E-state index contributed by atoms with van der Waals surface area (Å²) < 4.78 is 6.03. The van der Waals surface area contributed by atoms with E-state index >= 15 is 0 Å². The van der Waals surface area contributed by atoms with E-state index in [0.717, 1.165) is 5.56 Å². The van der Waals surface area contributed by atoms with E-state index in [1.807, 2.05) is 44.2 Å². The Morgan fingerprint density at radius 2 is 1.75 bits per heavy atom. The Balaban J connectivity index is 2.29. The molecular formula is C20H19NO3. The van der Waals surface area contributed by atoms with E-state index < -0.39 is 0 Å². The number of nitrogens with one attached hydrogen (secondary N) is 1. The van der Waals surface area contributed by atoms with Crippen LogP contribution in [0, 0.1) is 6.92 Å². The van der Waals surface area contributed by atoms with Crippen molar-refractivity contribution in [3.63, 3.8) is 0 Å². The first-order valence-corrected chi connectivity index (χ1v) is 7.91. The maximum absolute atomic E-state index is 12.7. The minimum Gasteiger partial charge on any atom is -0.455 e. The Kier molecular flexibility index (Phi) is 4.21. The van der Waals surface area contributed by atoms with Crippen molar-refractivity contribution in [1.82, 2.24) is 5.32 Å². The van der Waals surface area contributed by atoms with Crippen LogP contribution < -0.4 is 10.7 Å². The van der Waals surface area contributed by atoms with Crippen molar-refractivity contribution in [2.24, 2.45) is 0 Å². The first-order chi connectivity index (χ1) is 11.5. The molecule has 0 saturated carbocycles. The van der Waals surface area contributed by atoms with Gasteiger partial charge < -0.3 is 9.73 Å². The molecule has 0 aliphatic carbocycles. The molecule has 3 aromatic rings. The van der Waals surface area contributed by atoms with Crippen LogP contribution in [0.25, 0.3) is 22.3 Å². The average Bonchev–Trinajstić information content (AvgIpc) is 2.57. The number of fused-ring (bicyclic) bond motifs is 1. The summed E-state index contributed by atoms with van der Waals surface area (Å²) in [4.78, 5) is 25.2. The van der Waals surface area contributed by atoms with Crippen molar-refractivity contribution in [3.05, 3.63) is 69.9 Å². The number of rotatable bonds is 3. The third-order valence-corrected chi connectivity index (χ3v) is 3.85. The molecule has 2 aromatic carbocycles. The highest BCUT2D eigenvalue weighted by molar-refractivity contribution is 6.05. The molecule has 1 amide bonds. The van der Waals surface area contributed by atoms with E-state index in [1.165, 1.54) is 0 Å². The summed E-state index contributed by atoms with van der Waals surface area (Å²) in [6.45, 7) is 5.52. The zero-order valence-electron chi connectivity index (χ0n) is 13.9. The highest BCUT2D eigenvalue weighted by Crippen LogP contribution is 2.27. The molecule has 122 valence electrons. The van der Waals surface area contributed by atoms with Crippen LogP contribution in [0.1, 0.15) is 29.8 Å². The lowest BCUT2D eigenvalue weighted by atomic mass is 10.0. The molecule has 0 atom stereocenters. The summed E-state index contributed by atoms with van der Waals surface area (Å²) in [6.07, 6.45) is 0. The van der Waals surface area contributed by atoms with Gasteiger partial charge in [-0.15, -0.1) is 0 Å². The third-order valence-electron chi connectivity index (χ3n) is 3.85. The number of benzene rings is 2. The lowest BCUT2D eigenvalue weighted by Gasteiger charge is -2.12. The lowest BCUT2D eigenvalue weighted by Crippen LogP contribution is -2.30. The van der Waals surface area contributed by atoms with Gasteiger partial charge in [0, 0.05) is 17.2 Å². The second kappa shape index (κ2) is 6.32. The first kappa shape index (κ1) is 16.0. The molecule has 0 unspecified atom stereocenters. The number of hydrogen-bond donors (Lipinski definition) is 1. The summed E-state index contributed by atoms with van der Waals surface area (Å²) in [5.74, 6) is 0.250. The predicted molar refractivity (Wildman–Crippen MR) is 95.3 cm³/mol. The molecule has 24 heavy (non-hydrogen) atoms. The van der Waals surface area contributed by atoms with Gasteiger partial charge in [-0.05, 0) is 32.9 Å². The molecule has 0 aliphatic rings. The molecule has 1 aromatic heterocycles. The summed E-state index contributed by atoms with van der Waals surface area (Å²) in [6, 6.07) is 14.5. The zero-order chi connectivity index (χ0) is 17.3. The fourth-order valence-corrected chi connectivity index (χ4v) is 2.69. The first-order valence-electron chi connectivity index (χ1n) is 7.91. The highest BCUT2D eigenvalue weighted by atomic mass is 16.3. The van der Waals surface area contributed by atoms with Gasteiger partial charge in [0.2, 0.25) is 0 Å². The van der Waals surface area contributed by atoms with Gasteiger partial charge in [-0.2, -0.15) is 0 Å². The van der Waals surface area contributed by atoms with Crippen LogP contribution in [-0.2, 0) is 0 Å². The minimum absolute atomic E-state index is 0.00137. The fourth-order valence-electron chi connectivity index (χ4n) is 2.69. The maximum atomic E-state index is 12.7. The molecular weight excluding hydrogens is 302 g/mol. The number of hydrogen-bond acceptors (Lipinski definition) is 3. The van der Waals surface area contributed by atoms with Gasteiger partial charge in [0.15, 0.2) is 11.0 Å². The highest BCUT2D eigenvalue weighted by Gasteiger charge is 2.18. The Bertz CT molecular complexity index is 956. The molecule has 0 fully saturated rings. The van der Waals surface area contributed by atoms with Crippen LogP contribution in [-0.4, -0.2) is 11.9 Å². The van der Waals surface area contributed by atoms with E-state index in [1.54, 1.807) is 25.1 Å². The van der Waals surface area contributed by atoms with Gasteiger partial charge in [-0.1, -0.05) is 36.4 Å². The van der Waals surface area contributed by atoms with Gasteiger partial charge >= 0.3 is 0 Å². The summed E-state index contributed by atoms with van der Waals surface area (Å²) in [5, 5.41) is 3.26. The van der Waals surface area contributed by atoms with E-state index in [9.17, 15) is 9.59 Å². The van der Waals surface area contributed by atoms with Gasteiger partial charge in [0.05, 0.1) is 10.9 Å². The Labute approximate surface area is 140 Å². The molecule has 0 saturated heterocycles. The van der Waals surface area contributed by atoms with Gasteiger partial charge in [-0.3, -0.25) is 9.59 Å². The molecule has 4 heteroatoms. The molecule has 1 heterocycles. The third kappa shape index (κ3) is 2.83. The maximum Gasteiger partial charge on any atom is 0.255 e. The summed E-state index contributed by atoms with van der Waals surface area (Å²) in [5.41, 5.74) is 1.93. The number of carbonyl (C=O) groups is 1. The lowest BCUT2D eigenvalue weighted by molar-refractivity contribution is 0.0944. The van der Waals surface area contributed by atoms with Crippen LogP contribution in [0.15, 0.2) is 57.7 Å². The smallest absolute Gasteiger partial charge is 0.255 e. The van der Waals surface area contributed by atoms with Crippen molar-refractivity contribution >= 4 is 16.9 Å². The van der Waals surface area contributed by atoms with E-state index in [-0.39, 0.29) is 17.4 Å². The quantitative estimate of drug-likeness (QED) is 0.796. The standard InChI is InChI=1S/C20H19NO3/c1-12(2)21-20(23)16-11-7-10-15-17(22)13(3)18(24-19(15)16)14-8-5-4-6-9-14/h4-12H,1-3H3,(H,21,23). The van der Waals surface area contributed by atoms with Crippen LogP contribution in [0.2, 0.25) is 0 Å². The van der Waals surface area contributed by atoms with Crippen molar-refractivity contribution in [1.29, 1.82) is 0 Å². The SMILES string of the molecule is Cc1c(-c2ccccc2)oc2c(C(=O)NC(C)C)cccc2c1=O. The van der Waals surface area contributed by atoms with Gasteiger partial charge in [0.25, 0.3) is 5.91 Å². The van der Waals surface area contributed by atoms with Crippen LogP contribution in [0.3, 0.4) is 0 Å². The van der Waals surface area contributed by atoms with Crippen molar-refractivity contribution in [2.45, 2.75) is 26.8 Å². The molecule has 0 radical (unpaired) electrons. The molecule has 0 bridgehead atoms. The largest absolute Gasteiger partial charge is 0.455 e. The number of para-hydroxylation sites is 1. The molecule has 3 rings (SSSR count). The normalized spacial score (nSPS) is 11.0. The summed E-state index contributed by atoms with van der Waals surface area (Å²) in [7, 11) is 0. The van der Waals surface area contributed by atoms with Gasteiger partial charge in [0.1, 0.15) is 5.76 Å². The molecule has 4 nitrogen and oxygen atoms in total. The average molecular weight is 321 g/mol. The molecule has 1 N–H and O–H groups in total. The number of carbonyl (C=O) groups excluding carboxylic acids is 1. The number of amides is 1. The van der Waals surface area contributed by atoms with Crippen LogP contribution in [0.5, 0.6) is 0 Å².